The molecule has 0 unspecified atom stereocenters. The summed E-state index contributed by atoms with van der Waals surface area (Å²) in [6.07, 6.45) is -9.57. The molecule has 1 rings (SSSR count). The molecule has 0 bridgehead atoms. The molecule has 11 heteroatoms. The molecule has 0 amide bonds. The molecule has 1 aromatic rings. The van der Waals surface area contributed by atoms with Crippen molar-refractivity contribution in [3.05, 3.63) is 35.0 Å². The van der Waals surface area contributed by atoms with Crippen molar-refractivity contribution < 1.29 is 31.1 Å². The van der Waals surface area contributed by atoms with Crippen LogP contribution in [0.25, 0.3) is 0 Å². The summed E-state index contributed by atoms with van der Waals surface area (Å²) < 4.78 is 79.4. The molecule has 0 spiro atoms. The summed E-state index contributed by atoms with van der Waals surface area (Å²) in [5.41, 5.74) is -3.39. The lowest BCUT2D eigenvalue weighted by atomic mass is 10.1. The number of anilines is 1. The zero-order valence-corrected chi connectivity index (χ0v) is 12.0. The van der Waals surface area contributed by atoms with E-state index >= 15 is 0 Å². The average Bonchev–Trinajstić information content (AvgIpc) is 2.51. The van der Waals surface area contributed by atoms with Crippen LogP contribution in [0.2, 0.25) is 0 Å². The van der Waals surface area contributed by atoms with Crippen LogP contribution in [0.15, 0.2) is 29.5 Å². The van der Waals surface area contributed by atoms with Gasteiger partial charge in [0.1, 0.15) is 29.7 Å². The SMILES string of the molecule is N#CC(C#N)=C(C#N)Nc1cc(C(F)(F)F)ccc1OCC(F)(F)F. The van der Waals surface area contributed by atoms with Gasteiger partial charge in [0.15, 0.2) is 12.2 Å². The molecule has 1 aromatic carbocycles. The lowest BCUT2D eigenvalue weighted by molar-refractivity contribution is -0.153. The Labute approximate surface area is 136 Å². The molecular formula is C14H6F6N4O. The number of hydrogen-bond acceptors (Lipinski definition) is 5. The Morgan fingerprint density at radius 1 is 1.00 bits per heavy atom. The number of rotatable bonds is 4. The molecule has 0 aliphatic carbocycles. The topological polar surface area (TPSA) is 92.6 Å². The monoisotopic (exact) mass is 360 g/mol. The van der Waals surface area contributed by atoms with Gasteiger partial charge in [-0.1, -0.05) is 0 Å². The second kappa shape index (κ2) is 7.45. The molecule has 0 aliphatic heterocycles. The number of nitrogens with zero attached hydrogens (tertiary/aromatic N) is 3. The maximum absolute atomic E-state index is 12.8. The van der Waals surface area contributed by atoms with Crippen molar-refractivity contribution in [1.82, 2.24) is 0 Å². The maximum Gasteiger partial charge on any atom is 0.422 e. The minimum atomic E-state index is -4.82. The smallest absolute Gasteiger partial charge is 0.422 e. The molecule has 0 saturated carbocycles. The Bertz CT molecular complexity index is 789. The second-order valence-electron chi connectivity index (χ2n) is 4.32. The lowest BCUT2D eigenvalue weighted by Gasteiger charge is -2.16. The van der Waals surface area contributed by atoms with Crippen LogP contribution in [0.4, 0.5) is 32.0 Å². The van der Waals surface area contributed by atoms with E-state index in [0.29, 0.717) is 18.2 Å². The van der Waals surface area contributed by atoms with Crippen molar-refractivity contribution in [3.8, 4) is 24.0 Å². The van der Waals surface area contributed by atoms with Crippen LogP contribution in [-0.4, -0.2) is 12.8 Å². The normalized spacial score (nSPS) is 10.8. The molecule has 0 atom stereocenters. The Kier molecular flexibility index (Phi) is 5.86. The highest BCUT2D eigenvalue weighted by molar-refractivity contribution is 5.65. The Hall–Kier alpha value is -3.39. The first kappa shape index (κ1) is 19.7. The third kappa shape index (κ3) is 5.63. The molecule has 0 heterocycles. The van der Waals surface area contributed by atoms with E-state index < -0.39 is 47.2 Å². The zero-order chi connectivity index (χ0) is 19.3. The van der Waals surface area contributed by atoms with Crippen LogP contribution < -0.4 is 10.1 Å². The first-order valence-electron chi connectivity index (χ1n) is 6.14. The molecule has 25 heavy (non-hydrogen) atoms. The molecule has 1 N–H and O–H groups in total. The van der Waals surface area contributed by atoms with Gasteiger partial charge in [0.2, 0.25) is 0 Å². The predicted molar refractivity (Wildman–Crippen MR) is 70.5 cm³/mol. The number of alkyl halides is 6. The molecule has 5 nitrogen and oxygen atoms in total. The van der Waals surface area contributed by atoms with E-state index in [1.54, 1.807) is 0 Å². The van der Waals surface area contributed by atoms with Crippen LogP contribution >= 0.6 is 0 Å². The van der Waals surface area contributed by atoms with Crippen molar-refractivity contribution in [2.75, 3.05) is 11.9 Å². The average molecular weight is 360 g/mol. The summed E-state index contributed by atoms with van der Waals surface area (Å²) in [6.45, 7) is -1.79. The number of hydrogen-bond donors (Lipinski definition) is 1. The molecule has 0 fully saturated rings. The highest BCUT2D eigenvalue weighted by Gasteiger charge is 2.32. The van der Waals surface area contributed by atoms with E-state index in [0.717, 1.165) is 0 Å². The fraction of sp³-hybridized carbons (Fsp3) is 0.214. The highest BCUT2D eigenvalue weighted by atomic mass is 19.4. The van der Waals surface area contributed by atoms with Crippen molar-refractivity contribution in [2.45, 2.75) is 12.4 Å². The fourth-order valence-corrected chi connectivity index (χ4v) is 1.51. The highest BCUT2D eigenvalue weighted by Crippen LogP contribution is 2.36. The predicted octanol–water partition coefficient (Wildman–Crippen LogP) is 3.88. The summed E-state index contributed by atoms with van der Waals surface area (Å²) in [7, 11) is 0. The van der Waals surface area contributed by atoms with Crippen LogP contribution in [0, 0.1) is 34.0 Å². The van der Waals surface area contributed by atoms with Gasteiger partial charge in [-0.05, 0) is 18.2 Å². The van der Waals surface area contributed by atoms with E-state index in [4.69, 9.17) is 15.8 Å². The summed E-state index contributed by atoms with van der Waals surface area (Å²) in [6, 6.07) is 5.56. The number of allylic oxidation sites excluding steroid dienone is 2. The van der Waals surface area contributed by atoms with Gasteiger partial charge in [0.05, 0.1) is 11.3 Å². The molecular weight excluding hydrogens is 354 g/mol. The Morgan fingerprint density at radius 2 is 1.60 bits per heavy atom. The van der Waals surface area contributed by atoms with E-state index in [-0.39, 0.29) is 0 Å². The van der Waals surface area contributed by atoms with Crippen molar-refractivity contribution in [1.29, 1.82) is 15.8 Å². The maximum atomic E-state index is 12.8. The second-order valence-corrected chi connectivity index (χ2v) is 4.32. The molecule has 130 valence electrons. The minimum Gasteiger partial charge on any atom is -0.482 e. The molecule has 0 aromatic heterocycles. The van der Waals surface area contributed by atoms with Crippen LogP contribution in [-0.2, 0) is 6.18 Å². The quantitative estimate of drug-likeness (QED) is 0.650. The van der Waals surface area contributed by atoms with Gasteiger partial charge in [-0.15, -0.1) is 0 Å². The van der Waals surface area contributed by atoms with Crippen molar-refractivity contribution >= 4 is 5.69 Å². The Balaban J connectivity index is 3.38. The summed E-state index contributed by atoms with van der Waals surface area (Å²) in [4.78, 5) is 0. The number of ether oxygens (including phenoxy) is 1. The number of nitrogens with one attached hydrogen (secondary N) is 1. The number of nitriles is 3. The van der Waals surface area contributed by atoms with Gasteiger partial charge < -0.3 is 10.1 Å². The van der Waals surface area contributed by atoms with Crippen LogP contribution in [0.1, 0.15) is 5.56 Å². The van der Waals surface area contributed by atoms with Gasteiger partial charge in [0, 0.05) is 0 Å². The van der Waals surface area contributed by atoms with Crippen LogP contribution in [0.3, 0.4) is 0 Å². The first-order chi connectivity index (χ1) is 11.5. The van der Waals surface area contributed by atoms with Crippen molar-refractivity contribution in [3.63, 3.8) is 0 Å². The van der Waals surface area contributed by atoms with E-state index in [9.17, 15) is 26.3 Å². The Morgan fingerprint density at radius 3 is 2.04 bits per heavy atom. The minimum absolute atomic E-state index is 0.398. The number of halogens is 6. The van der Waals surface area contributed by atoms with E-state index in [1.807, 2.05) is 5.32 Å². The number of benzene rings is 1. The fourth-order valence-electron chi connectivity index (χ4n) is 1.51. The lowest BCUT2D eigenvalue weighted by Crippen LogP contribution is -2.20. The summed E-state index contributed by atoms with van der Waals surface area (Å²) in [5, 5.41) is 28.3. The van der Waals surface area contributed by atoms with Crippen molar-refractivity contribution in [2.24, 2.45) is 0 Å². The van der Waals surface area contributed by atoms with Gasteiger partial charge in [-0.3, -0.25) is 0 Å². The third-order valence-electron chi connectivity index (χ3n) is 2.54. The van der Waals surface area contributed by atoms with Gasteiger partial charge in [-0.25, -0.2) is 0 Å². The van der Waals surface area contributed by atoms with E-state index in [2.05, 4.69) is 4.74 Å². The molecule has 0 saturated heterocycles. The van der Waals surface area contributed by atoms with Gasteiger partial charge in [0.25, 0.3) is 0 Å². The first-order valence-corrected chi connectivity index (χ1v) is 6.14. The van der Waals surface area contributed by atoms with Gasteiger partial charge >= 0.3 is 12.4 Å². The van der Waals surface area contributed by atoms with Gasteiger partial charge in [-0.2, -0.15) is 42.1 Å². The van der Waals surface area contributed by atoms with E-state index in [1.165, 1.54) is 18.2 Å². The zero-order valence-electron chi connectivity index (χ0n) is 12.0. The summed E-state index contributed by atoms with van der Waals surface area (Å²) in [5.74, 6) is -0.645. The largest absolute Gasteiger partial charge is 0.482 e. The molecule has 0 radical (unpaired) electrons. The summed E-state index contributed by atoms with van der Waals surface area (Å²) >= 11 is 0. The van der Waals surface area contributed by atoms with Crippen LogP contribution in [0.5, 0.6) is 5.75 Å². The third-order valence-corrected chi connectivity index (χ3v) is 2.54. The standard InChI is InChI=1S/C14H6F6N4O/c15-13(16,17)7-25-12-2-1-9(14(18,19)20)3-10(12)24-11(6-23)8(4-21)5-22/h1-3,24H,7H2. The molecule has 0 aliphatic rings.